The molecule has 74 valence electrons. The van der Waals surface area contributed by atoms with Crippen LogP contribution in [-0.2, 0) is 0 Å². The summed E-state index contributed by atoms with van der Waals surface area (Å²) in [5.41, 5.74) is -0.164. The molecule has 2 atom stereocenters. The molecular weight excluding hydrogens is 172 g/mol. The van der Waals surface area contributed by atoms with Crippen molar-refractivity contribution in [2.45, 2.75) is 31.9 Å². The van der Waals surface area contributed by atoms with Gasteiger partial charge in [-0.3, -0.25) is 4.79 Å². The molecule has 1 heteroatoms. The lowest BCUT2D eigenvalue weighted by Gasteiger charge is -2.20. The Labute approximate surface area is 99.2 Å². The third kappa shape index (κ3) is 2.03. The Bertz CT molecular complexity index is 656. The first kappa shape index (κ1) is 3.19. The van der Waals surface area contributed by atoms with Crippen molar-refractivity contribution in [3.8, 4) is 0 Å². The number of hydrogen-bond acceptors (Lipinski definition) is 1. The first-order chi connectivity index (χ1) is 10.7. The minimum absolute atomic E-state index is 0.164. The molecular formula is C13H16O. The van der Waals surface area contributed by atoms with Crippen molar-refractivity contribution in [3.05, 3.63) is 35.9 Å². The lowest BCUT2D eigenvalue weighted by molar-refractivity contribution is 0.0889. The zero-order valence-corrected chi connectivity index (χ0v) is 7.37. The quantitative estimate of drug-likeness (QED) is 0.665. The molecule has 2 rings (SSSR count). The van der Waals surface area contributed by atoms with Crippen LogP contribution in [0.25, 0.3) is 0 Å². The van der Waals surface area contributed by atoms with E-state index in [-0.39, 0.29) is 5.56 Å². The van der Waals surface area contributed by atoms with Crippen LogP contribution in [0.1, 0.15) is 56.0 Å². The van der Waals surface area contributed by atoms with Gasteiger partial charge in [0.15, 0.2) is 5.78 Å². The number of carbonyl (C=O) groups excluding carboxylic acids is 1. The molecule has 1 aliphatic carbocycles. The number of benzene rings is 1. The lowest BCUT2D eigenvalue weighted by Crippen LogP contribution is -2.17. The lowest BCUT2D eigenvalue weighted by atomic mass is 9.84. The summed E-state index contributed by atoms with van der Waals surface area (Å²) in [4.78, 5) is 12.7. The Morgan fingerprint density at radius 1 is 1.29 bits per heavy atom. The summed E-state index contributed by atoms with van der Waals surface area (Å²) in [6.07, 6.45) is -16.1. The average Bonchev–Trinajstić information content (AvgIpc) is 2.51. The van der Waals surface area contributed by atoms with E-state index in [1.807, 2.05) is 0 Å². The van der Waals surface area contributed by atoms with E-state index >= 15 is 0 Å². The second-order valence-corrected chi connectivity index (χ2v) is 2.77. The number of hydrogen-bond donors (Lipinski definition) is 0. The Morgan fingerprint density at radius 3 is 2.86 bits per heavy atom. The Kier molecular flexibility index (Phi) is 1.00. The molecule has 0 saturated heterocycles. The Hall–Kier alpha value is -1.11. The van der Waals surface area contributed by atoms with Crippen LogP contribution in [0.3, 0.4) is 0 Å². The van der Waals surface area contributed by atoms with Crippen molar-refractivity contribution >= 4 is 5.78 Å². The first-order valence-electron chi connectivity index (χ1n) is 9.27. The Morgan fingerprint density at radius 2 is 2.07 bits per heavy atom. The van der Waals surface area contributed by atoms with Gasteiger partial charge in [-0.05, 0) is 12.8 Å². The fraction of sp³-hybridized carbons (Fsp3) is 0.462. The van der Waals surface area contributed by atoms with Crippen LogP contribution in [0.2, 0.25) is 0 Å². The predicted octanol–water partition coefficient (Wildman–Crippen LogP) is 3.45. The molecule has 1 fully saturated rings. The van der Waals surface area contributed by atoms with Gasteiger partial charge in [0.2, 0.25) is 0 Å². The van der Waals surface area contributed by atoms with Crippen molar-refractivity contribution in [1.82, 2.24) is 0 Å². The number of Topliss-reactive ketones (excluding diaryl/α,β-unsaturated/α-hetero) is 1. The molecule has 0 heterocycles. The van der Waals surface area contributed by atoms with E-state index in [1.54, 1.807) is 6.07 Å². The van der Waals surface area contributed by atoms with E-state index in [0.717, 1.165) is 0 Å². The molecule has 1 aromatic rings. The molecule has 0 aliphatic heterocycles. The molecule has 1 aliphatic rings. The van der Waals surface area contributed by atoms with Crippen LogP contribution in [0.15, 0.2) is 30.3 Å². The van der Waals surface area contributed by atoms with Gasteiger partial charge in [-0.15, -0.1) is 0 Å². The van der Waals surface area contributed by atoms with Crippen molar-refractivity contribution in [2.24, 2.45) is 5.89 Å². The monoisotopic (exact) mass is 198 g/mol. The highest BCUT2D eigenvalue weighted by Gasteiger charge is 2.21. The van der Waals surface area contributed by atoms with E-state index < -0.39 is 43.6 Å². The maximum absolute atomic E-state index is 12.7. The van der Waals surface area contributed by atoms with E-state index in [0.29, 0.717) is 0 Å². The second-order valence-electron chi connectivity index (χ2n) is 2.77. The molecule has 2 unspecified atom stereocenters. The standard InChI is InChI=1S/C13H16O/c14-13(11-7-3-1-4-8-11)12-9-5-2-6-10-12/h1,3-4,7-8,12H,2,5-6,9-10H2/i2D2,5D2,6D2,9D,10D2,12D. The normalized spacial score (nSPS) is 57.3. The fourth-order valence-electron chi connectivity index (χ4n) is 1.15. The highest BCUT2D eigenvalue weighted by molar-refractivity contribution is 5.97. The number of ketones is 1. The summed E-state index contributed by atoms with van der Waals surface area (Å²) < 4.78 is 78.9. The second kappa shape index (κ2) is 4.41. The highest BCUT2D eigenvalue weighted by atomic mass is 16.1. The summed E-state index contributed by atoms with van der Waals surface area (Å²) in [7, 11) is 0. The average molecular weight is 198 g/mol. The van der Waals surface area contributed by atoms with Crippen LogP contribution in [0, 0.1) is 5.89 Å². The van der Waals surface area contributed by atoms with E-state index in [9.17, 15) is 4.79 Å². The van der Waals surface area contributed by atoms with Crippen LogP contribution in [-0.4, -0.2) is 5.78 Å². The maximum atomic E-state index is 12.7. The molecule has 0 radical (unpaired) electrons. The van der Waals surface area contributed by atoms with Crippen molar-refractivity contribution in [1.29, 1.82) is 0 Å². The summed E-state index contributed by atoms with van der Waals surface area (Å²) in [5, 5.41) is 0. The van der Waals surface area contributed by atoms with E-state index in [2.05, 4.69) is 0 Å². The van der Waals surface area contributed by atoms with Crippen LogP contribution in [0.5, 0.6) is 0 Å². The van der Waals surface area contributed by atoms with Gasteiger partial charge in [0, 0.05) is 25.2 Å². The molecule has 14 heavy (non-hydrogen) atoms. The van der Waals surface area contributed by atoms with Crippen LogP contribution >= 0.6 is 0 Å². The summed E-state index contributed by atoms with van der Waals surface area (Å²) >= 11 is 0. The van der Waals surface area contributed by atoms with Gasteiger partial charge in [-0.25, -0.2) is 0 Å². The minimum Gasteiger partial charge on any atom is -0.294 e. The van der Waals surface area contributed by atoms with Gasteiger partial charge in [0.1, 0.15) is 0 Å². The van der Waals surface area contributed by atoms with Gasteiger partial charge in [-0.1, -0.05) is 49.5 Å². The highest BCUT2D eigenvalue weighted by Crippen LogP contribution is 2.26. The van der Waals surface area contributed by atoms with Crippen molar-refractivity contribution in [3.63, 3.8) is 0 Å². The maximum Gasteiger partial charge on any atom is 0.165 e. The molecule has 1 nitrogen and oxygen atoms in total. The largest absolute Gasteiger partial charge is 0.294 e. The fourth-order valence-corrected chi connectivity index (χ4v) is 1.15. The molecule has 0 aromatic heterocycles. The first-order valence-corrected chi connectivity index (χ1v) is 4.19. The topological polar surface area (TPSA) is 17.1 Å². The molecule has 0 N–H and O–H groups in total. The van der Waals surface area contributed by atoms with Gasteiger partial charge < -0.3 is 0 Å². The summed E-state index contributed by atoms with van der Waals surface area (Å²) in [6, 6.07) is 6.97. The smallest absolute Gasteiger partial charge is 0.165 e. The molecule has 0 bridgehead atoms. The zero-order chi connectivity index (χ0) is 18.8. The van der Waals surface area contributed by atoms with Gasteiger partial charge in [0.05, 0.1) is 0 Å². The van der Waals surface area contributed by atoms with Gasteiger partial charge in [0.25, 0.3) is 0 Å². The third-order valence-corrected chi connectivity index (χ3v) is 1.83. The number of rotatable bonds is 2. The van der Waals surface area contributed by atoms with Crippen LogP contribution in [0.4, 0.5) is 0 Å². The van der Waals surface area contributed by atoms with E-state index in [1.165, 1.54) is 24.3 Å². The molecule has 1 saturated carbocycles. The van der Waals surface area contributed by atoms with E-state index in [4.69, 9.17) is 13.7 Å². The summed E-state index contributed by atoms with van der Waals surface area (Å²) in [6.45, 7) is 0. The predicted molar refractivity (Wildman–Crippen MR) is 57.3 cm³/mol. The Balaban J connectivity index is 2.75. The van der Waals surface area contributed by atoms with Crippen molar-refractivity contribution in [2.75, 3.05) is 0 Å². The third-order valence-electron chi connectivity index (χ3n) is 1.83. The van der Waals surface area contributed by atoms with Gasteiger partial charge >= 0.3 is 0 Å². The molecule has 0 spiro atoms. The minimum atomic E-state index is -3.51. The molecule has 0 amide bonds. The van der Waals surface area contributed by atoms with Crippen molar-refractivity contribution < 1.29 is 18.5 Å². The zero-order valence-electron chi connectivity index (χ0n) is 17.4. The van der Waals surface area contributed by atoms with Crippen LogP contribution < -0.4 is 0 Å². The SMILES string of the molecule is [2H]C1C([2H])([2H])C([2H])([2H])C([2H])([2H])C([2H])([2H])C1([2H])C(=O)c1ccccc1. The number of carbonyl (C=O) groups is 1. The molecule has 1 aromatic carbocycles. The van der Waals surface area contributed by atoms with Gasteiger partial charge in [-0.2, -0.15) is 0 Å². The summed E-state index contributed by atoms with van der Waals surface area (Å²) in [5.74, 6) is -4.41.